The second-order valence-corrected chi connectivity index (χ2v) is 5.26. The number of rotatable bonds is 6. The molecule has 2 aromatic rings. The fourth-order valence-corrected chi connectivity index (χ4v) is 2.01. The molecule has 0 aliphatic carbocycles. The Hall–Kier alpha value is -2.50. The minimum atomic E-state index is -4.48. The van der Waals surface area contributed by atoms with Crippen molar-refractivity contribution in [3.63, 3.8) is 0 Å². The van der Waals surface area contributed by atoms with Crippen LogP contribution in [0, 0.1) is 0 Å². The molecule has 24 heavy (non-hydrogen) atoms. The van der Waals surface area contributed by atoms with E-state index in [0.717, 1.165) is 25.0 Å². The zero-order valence-electron chi connectivity index (χ0n) is 13.2. The topological polar surface area (TPSA) is 38.3 Å². The van der Waals surface area contributed by atoms with Gasteiger partial charge in [0.1, 0.15) is 5.75 Å². The Morgan fingerprint density at radius 1 is 1.12 bits per heavy atom. The third-order valence-electron chi connectivity index (χ3n) is 3.33. The van der Waals surface area contributed by atoms with Gasteiger partial charge in [0, 0.05) is 11.3 Å². The Morgan fingerprint density at radius 2 is 1.83 bits per heavy atom. The molecule has 0 aliphatic rings. The van der Waals surface area contributed by atoms with E-state index in [9.17, 15) is 18.0 Å². The van der Waals surface area contributed by atoms with Gasteiger partial charge in [-0.25, -0.2) is 0 Å². The second kappa shape index (κ2) is 7.86. The van der Waals surface area contributed by atoms with E-state index in [4.69, 9.17) is 4.74 Å². The van der Waals surface area contributed by atoms with Crippen molar-refractivity contribution in [1.29, 1.82) is 0 Å². The Balaban J connectivity index is 2.02. The number of anilines is 1. The number of alkyl halides is 3. The van der Waals surface area contributed by atoms with E-state index in [-0.39, 0.29) is 5.56 Å². The Labute approximate surface area is 138 Å². The number of hydrogen-bond donors (Lipinski definition) is 1. The molecule has 1 amide bonds. The van der Waals surface area contributed by atoms with Gasteiger partial charge in [-0.3, -0.25) is 4.79 Å². The molecule has 0 bridgehead atoms. The molecule has 6 heteroatoms. The van der Waals surface area contributed by atoms with Crippen LogP contribution in [0.5, 0.6) is 5.75 Å². The zero-order chi connectivity index (χ0) is 17.6. The summed E-state index contributed by atoms with van der Waals surface area (Å²) in [6, 6.07) is 11.0. The molecule has 2 aromatic carbocycles. The molecule has 0 unspecified atom stereocenters. The van der Waals surface area contributed by atoms with Gasteiger partial charge in [-0.15, -0.1) is 0 Å². The molecule has 0 heterocycles. The van der Waals surface area contributed by atoms with Crippen LogP contribution in [0.4, 0.5) is 18.9 Å². The van der Waals surface area contributed by atoms with Crippen LogP contribution in [0.25, 0.3) is 0 Å². The molecule has 0 saturated heterocycles. The van der Waals surface area contributed by atoms with Gasteiger partial charge in [-0.2, -0.15) is 13.2 Å². The van der Waals surface area contributed by atoms with Crippen LogP contribution < -0.4 is 10.1 Å². The van der Waals surface area contributed by atoms with Gasteiger partial charge in [-0.1, -0.05) is 19.4 Å². The number of amides is 1. The number of benzene rings is 2. The summed E-state index contributed by atoms with van der Waals surface area (Å²) in [6.45, 7) is 2.68. The number of nitrogens with one attached hydrogen (secondary N) is 1. The van der Waals surface area contributed by atoms with Crippen LogP contribution >= 0.6 is 0 Å². The fraction of sp³-hybridized carbons (Fsp3) is 0.278. The molecular formula is C18H18F3NO2. The maximum absolute atomic E-state index is 12.7. The molecule has 0 atom stereocenters. The summed E-state index contributed by atoms with van der Waals surface area (Å²) < 4.78 is 43.6. The summed E-state index contributed by atoms with van der Waals surface area (Å²) >= 11 is 0. The number of unbranched alkanes of at least 4 members (excludes halogenated alkanes) is 1. The summed E-state index contributed by atoms with van der Waals surface area (Å²) in [7, 11) is 0. The molecule has 0 aliphatic heterocycles. The summed E-state index contributed by atoms with van der Waals surface area (Å²) in [5.74, 6) is 0.0845. The summed E-state index contributed by atoms with van der Waals surface area (Å²) in [5.41, 5.74) is -0.414. The first-order valence-electron chi connectivity index (χ1n) is 7.61. The van der Waals surface area contributed by atoms with Crippen LogP contribution in [0.3, 0.4) is 0 Å². The highest BCUT2D eigenvalue weighted by molar-refractivity contribution is 6.04. The van der Waals surface area contributed by atoms with E-state index in [1.165, 1.54) is 12.1 Å². The minimum Gasteiger partial charge on any atom is -0.494 e. The number of carbonyl (C=O) groups excluding carboxylic acids is 1. The van der Waals surface area contributed by atoms with E-state index in [1.807, 2.05) is 0 Å². The molecule has 0 spiro atoms. The number of carbonyl (C=O) groups is 1. The van der Waals surface area contributed by atoms with Crippen molar-refractivity contribution in [2.75, 3.05) is 11.9 Å². The van der Waals surface area contributed by atoms with E-state index in [0.29, 0.717) is 18.0 Å². The second-order valence-electron chi connectivity index (χ2n) is 5.26. The van der Waals surface area contributed by atoms with Gasteiger partial charge in [0.15, 0.2) is 0 Å². The Bertz CT molecular complexity index is 681. The third-order valence-corrected chi connectivity index (χ3v) is 3.33. The van der Waals surface area contributed by atoms with Crippen molar-refractivity contribution < 1.29 is 22.7 Å². The van der Waals surface area contributed by atoms with Crippen LogP contribution in [0.15, 0.2) is 48.5 Å². The predicted octanol–water partition coefficient (Wildman–Crippen LogP) is 5.14. The zero-order valence-corrected chi connectivity index (χ0v) is 13.2. The van der Waals surface area contributed by atoms with Crippen molar-refractivity contribution in [2.24, 2.45) is 0 Å². The minimum absolute atomic E-state index is 0.0481. The van der Waals surface area contributed by atoms with Gasteiger partial charge in [-0.05, 0) is 48.9 Å². The average Bonchev–Trinajstić information content (AvgIpc) is 2.56. The van der Waals surface area contributed by atoms with Gasteiger partial charge in [0.2, 0.25) is 0 Å². The third kappa shape index (κ3) is 5.01. The van der Waals surface area contributed by atoms with E-state index in [1.54, 1.807) is 24.3 Å². The quantitative estimate of drug-likeness (QED) is 0.742. The molecule has 3 nitrogen and oxygen atoms in total. The van der Waals surface area contributed by atoms with Crippen LogP contribution in [0.2, 0.25) is 0 Å². The van der Waals surface area contributed by atoms with Crippen molar-refractivity contribution in [3.8, 4) is 5.75 Å². The first-order chi connectivity index (χ1) is 11.4. The smallest absolute Gasteiger partial charge is 0.416 e. The first-order valence-corrected chi connectivity index (χ1v) is 7.61. The largest absolute Gasteiger partial charge is 0.494 e. The van der Waals surface area contributed by atoms with Crippen molar-refractivity contribution in [3.05, 3.63) is 59.7 Å². The molecule has 0 saturated carbocycles. The SMILES string of the molecule is CCCCOc1ccc(NC(=O)c2cccc(C(F)(F)F)c2)cc1. The van der Waals surface area contributed by atoms with E-state index < -0.39 is 17.6 Å². The lowest BCUT2D eigenvalue weighted by Gasteiger charge is -2.10. The lowest BCUT2D eigenvalue weighted by Crippen LogP contribution is -2.13. The van der Waals surface area contributed by atoms with Gasteiger partial charge in [0.25, 0.3) is 5.91 Å². The summed E-state index contributed by atoms with van der Waals surface area (Å²) in [6.07, 6.45) is -2.49. The lowest BCUT2D eigenvalue weighted by molar-refractivity contribution is -0.137. The fourth-order valence-electron chi connectivity index (χ4n) is 2.01. The normalized spacial score (nSPS) is 11.2. The lowest BCUT2D eigenvalue weighted by atomic mass is 10.1. The highest BCUT2D eigenvalue weighted by atomic mass is 19.4. The van der Waals surface area contributed by atoms with Crippen molar-refractivity contribution in [2.45, 2.75) is 25.9 Å². The molecule has 128 valence electrons. The average molecular weight is 337 g/mol. The molecule has 0 radical (unpaired) electrons. The van der Waals surface area contributed by atoms with Crippen molar-refractivity contribution in [1.82, 2.24) is 0 Å². The summed E-state index contributed by atoms with van der Waals surface area (Å²) in [4.78, 5) is 12.1. The van der Waals surface area contributed by atoms with Crippen LogP contribution in [-0.2, 0) is 6.18 Å². The first kappa shape index (κ1) is 17.8. The predicted molar refractivity (Wildman–Crippen MR) is 86.2 cm³/mol. The maximum atomic E-state index is 12.7. The van der Waals surface area contributed by atoms with Gasteiger partial charge >= 0.3 is 6.18 Å². The van der Waals surface area contributed by atoms with Crippen molar-refractivity contribution >= 4 is 11.6 Å². The molecule has 2 rings (SSSR count). The van der Waals surface area contributed by atoms with Gasteiger partial charge in [0.05, 0.1) is 12.2 Å². The van der Waals surface area contributed by atoms with E-state index in [2.05, 4.69) is 12.2 Å². The van der Waals surface area contributed by atoms with E-state index >= 15 is 0 Å². The number of ether oxygens (including phenoxy) is 1. The van der Waals surface area contributed by atoms with Crippen LogP contribution in [-0.4, -0.2) is 12.5 Å². The standard InChI is InChI=1S/C18H18F3NO2/c1-2-3-11-24-16-9-7-15(8-10-16)22-17(23)13-5-4-6-14(12-13)18(19,20)21/h4-10,12H,2-3,11H2,1H3,(H,22,23). The Kier molecular flexibility index (Phi) is 5.84. The number of halogens is 3. The monoisotopic (exact) mass is 337 g/mol. The van der Waals surface area contributed by atoms with Crippen LogP contribution in [0.1, 0.15) is 35.7 Å². The molecular weight excluding hydrogens is 319 g/mol. The Morgan fingerprint density at radius 3 is 2.46 bits per heavy atom. The summed E-state index contributed by atoms with van der Waals surface area (Å²) in [5, 5.41) is 2.57. The molecule has 1 N–H and O–H groups in total. The number of hydrogen-bond acceptors (Lipinski definition) is 2. The highest BCUT2D eigenvalue weighted by Crippen LogP contribution is 2.29. The maximum Gasteiger partial charge on any atom is 0.416 e. The molecule has 0 fully saturated rings. The van der Waals surface area contributed by atoms with Gasteiger partial charge < -0.3 is 10.1 Å². The highest BCUT2D eigenvalue weighted by Gasteiger charge is 2.30. The molecule has 0 aromatic heterocycles.